The van der Waals surface area contributed by atoms with Crippen LogP contribution in [0, 0.1) is 5.92 Å². The number of carboxylic acids is 1. The number of carboxylic acid groups (broad SMARTS) is 1. The molecule has 0 aliphatic carbocycles. The molecule has 9 heteroatoms. The Kier molecular flexibility index (Phi) is 5.13. The normalized spacial score (nSPS) is 13.2. The summed E-state index contributed by atoms with van der Waals surface area (Å²) in [7, 11) is 0.473. The minimum absolute atomic E-state index is 0.0521. The number of carbonyl (C=O) groups excluding carboxylic acids is 1. The van der Waals surface area contributed by atoms with Crippen molar-refractivity contribution in [2.45, 2.75) is 11.8 Å². The van der Waals surface area contributed by atoms with E-state index < -0.39 is 27.8 Å². The SMILES string of the molecule is CNC(=O)c1cc(S(=O)(=O)N(C)CC(C)C(=O)O)cn1C. The molecule has 0 saturated carbocycles. The first-order valence-corrected chi connectivity index (χ1v) is 7.62. The molecule has 2 N–H and O–H groups in total. The number of nitrogens with one attached hydrogen (secondary N) is 1. The summed E-state index contributed by atoms with van der Waals surface area (Å²) >= 11 is 0. The van der Waals surface area contributed by atoms with Gasteiger partial charge in [0.15, 0.2) is 0 Å². The number of nitrogens with zero attached hydrogens (tertiary/aromatic N) is 2. The molecule has 21 heavy (non-hydrogen) atoms. The lowest BCUT2D eigenvalue weighted by Gasteiger charge is -2.18. The zero-order valence-corrected chi connectivity index (χ0v) is 13.1. The van der Waals surface area contributed by atoms with Crippen molar-refractivity contribution in [2.75, 3.05) is 20.6 Å². The van der Waals surface area contributed by atoms with Gasteiger partial charge in [0.05, 0.1) is 5.92 Å². The third kappa shape index (κ3) is 3.61. The van der Waals surface area contributed by atoms with Crippen molar-refractivity contribution >= 4 is 21.9 Å². The van der Waals surface area contributed by atoms with E-state index in [9.17, 15) is 18.0 Å². The second-order valence-corrected chi connectivity index (χ2v) is 6.82. The molecular weight excluding hydrogens is 298 g/mol. The van der Waals surface area contributed by atoms with Crippen LogP contribution in [0.15, 0.2) is 17.2 Å². The van der Waals surface area contributed by atoms with Crippen molar-refractivity contribution in [3.05, 3.63) is 18.0 Å². The lowest BCUT2D eigenvalue weighted by atomic mass is 10.2. The molecule has 0 radical (unpaired) electrons. The summed E-state index contributed by atoms with van der Waals surface area (Å²) in [6, 6.07) is 1.26. The summed E-state index contributed by atoms with van der Waals surface area (Å²) in [5.41, 5.74) is 0.204. The highest BCUT2D eigenvalue weighted by atomic mass is 32.2. The number of aryl methyl sites for hydroxylation is 1. The summed E-state index contributed by atoms with van der Waals surface area (Å²) in [5.74, 6) is -2.30. The maximum atomic E-state index is 12.4. The Morgan fingerprint density at radius 3 is 2.52 bits per heavy atom. The van der Waals surface area contributed by atoms with Crippen LogP contribution < -0.4 is 5.32 Å². The number of hydrogen-bond donors (Lipinski definition) is 2. The fourth-order valence-corrected chi connectivity index (χ4v) is 3.10. The van der Waals surface area contributed by atoms with Crippen molar-refractivity contribution in [3.63, 3.8) is 0 Å². The summed E-state index contributed by atoms with van der Waals surface area (Å²) in [4.78, 5) is 22.3. The van der Waals surface area contributed by atoms with Crippen LogP contribution in [0.1, 0.15) is 17.4 Å². The van der Waals surface area contributed by atoms with Crippen molar-refractivity contribution in [2.24, 2.45) is 13.0 Å². The van der Waals surface area contributed by atoms with E-state index in [1.807, 2.05) is 0 Å². The lowest BCUT2D eigenvalue weighted by molar-refractivity contribution is -0.141. The fraction of sp³-hybridized carbons (Fsp3) is 0.500. The van der Waals surface area contributed by atoms with Crippen LogP contribution >= 0.6 is 0 Å². The zero-order chi connectivity index (χ0) is 16.4. The topological polar surface area (TPSA) is 109 Å². The molecule has 1 amide bonds. The van der Waals surface area contributed by atoms with Gasteiger partial charge >= 0.3 is 5.97 Å². The van der Waals surface area contributed by atoms with Crippen LogP contribution in [0.5, 0.6) is 0 Å². The average molecular weight is 317 g/mol. The Bertz CT molecular complexity index is 650. The van der Waals surface area contributed by atoms with Crippen LogP contribution in [0.2, 0.25) is 0 Å². The van der Waals surface area contributed by atoms with Crippen LogP contribution in [-0.2, 0) is 21.9 Å². The lowest BCUT2D eigenvalue weighted by Crippen LogP contribution is -2.33. The summed E-state index contributed by atoms with van der Waals surface area (Å²) in [5, 5.41) is 11.3. The van der Waals surface area contributed by atoms with Crippen LogP contribution in [0.4, 0.5) is 0 Å². The van der Waals surface area contributed by atoms with Gasteiger partial charge in [0.25, 0.3) is 5.91 Å². The molecule has 1 unspecified atom stereocenters. The van der Waals surface area contributed by atoms with Gasteiger partial charge < -0.3 is 15.0 Å². The predicted molar refractivity (Wildman–Crippen MR) is 75.4 cm³/mol. The molecule has 1 heterocycles. The third-order valence-electron chi connectivity index (χ3n) is 3.10. The first kappa shape index (κ1) is 17.2. The molecule has 0 aromatic carbocycles. The smallest absolute Gasteiger partial charge is 0.307 e. The number of aromatic nitrogens is 1. The molecule has 1 aromatic heterocycles. The predicted octanol–water partition coefficient (Wildman–Crippen LogP) is -0.274. The number of carbonyl (C=O) groups is 2. The van der Waals surface area contributed by atoms with E-state index >= 15 is 0 Å². The first-order chi connectivity index (χ1) is 9.61. The van der Waals surface area contributed by atoms with Crippen LogP contribution in [-0.4, -0.2) is 54.9 Å². The fourth-order valence-electron chi connectivity index (χ4n) is 1.77. The van der Waals surface area contributed by atoms with E-state index in [2.05, 4.69) is 5.32 Å². The molecule has 0 aliphatic rings. The van der Waals surface area contributed by atoms with Gasteiger partial charge in [-0.3, -0.25) is 9.59 Å². The number of sulfonamides is 1. The first-order valence-electron chi connectivity index (χ1n) is 6.18. The molecule has 0 bridgehead atoms. The standard InChI is InChI=1S/C12H19N3O5S/c1-8(12(17)18)6-15(4)21(19,20)9-5-10(11(16)13-2)14(3)7-9/h5,7-8H,6H2,1-4H3,(H,13,16)(H,17,18). The number of amides is 1. The summed E-state index contributed by atoms with van der Waals surface area (Å²) < 4.78 is 27.1. The maximum absolute atomic E-state index is 12.4. The van der Waals surface area contributed by atoms with Gasteiger partial charge in [-0.25, -0.2) is 12.7 Å². The van der Waals surface area contributed by atoms with Gasteiger partial charge in [-0.05, 0) is 6.07 Å². The van der Waals surface area contributed by atoms with Crippen molar-refractivity contribution in [1.29, 1.82) is 0 Å². The van der Waals surface area contributed by atoms with Crippen LogP contribution in [0.25, 0.3) is 0 Å². The highest BCUT2D eigenvalue weighted by Gasteiger charge is 2.27. The van der Waals surface area contributed by atoms with Crippen molar-refractivity contribution in [1.82, 2.24) is 14.2 Å². The highest BCUT2D eigenvalue weighted by molar-refractivity contribution is 7.89. The summed E-state index contributed by atoms with van der Waals surface area (Å²) in [6.07, 6.45) is 1.32. The van der Waals surface area contributed by atoms with E-state index in [0.29, 0.717) is 0 Å². The molecule has 118 valence electrons. The van der Waals surface area contributed by atoms with Gasteiger partial charge in [-0.1, -0.05) is 6.92 Å². The Hall–Kier alpha value is -1.87. The van der Waals surface area contributed by atoms with Gasteiger partial charge in [0.2, 0.25) is 10.0 Å². The zero-order valence-electron chi connectivity index (χ0n) is 12.3. The molecule has 0 spiro atoms. The second kappa shape index (κ2) is 6.27. The number of hydrogen-bond acceptors (Lipinski definition) is 4. The molecule has 0 saturated heterocycles. The van der Waals surface area contributed by atoms with E-state index in [0.717, 1.165) is 4.31 Å². The molecule has 0 fully saturated rings. The highest BCUT2D eigenvalue weighted by Crippen LogP contribution is 2.18. The largest absolute Gasteiger partial charge is 0.481 e. The third-order valence-corrected chi connectivity index (χ3v) is 4.89. The van der Waals surface area contributed by atoms with Gasteiger partial charge in [-0.15, -0.1) is 0 Å². The Morgan fingerprint density at radius 2 is 2.05 bits per heavy atom. The average Bonchev–Trinajstić information content (AvgIpc) is 2.80. The monoisotopic (exact) mass is 317 g/mol. The number of rotatable bonds is 6. The number of aliphatic carboxylic acids is 1. The Labute approximate surface area is 123 Å². The minimum Gasteiger partial charge on any atom is -0.481 e. The molecule has 8 nitrogen and oxygen atoms in total. The van der Waals surface area contributed by atoms with Gasteiger partial charge in [-0.2, -0.15) is 0 Å². The Balaban J connectivity index is 3.08. The minimum atomic E-state index is -3.84. The van der Waals surface area contributed by atoms with Crippen LogP contribution in [0.3, 0.4) is 0 Å². The molecule has 0 aliphatic heterocycles. The maximum Gasteiger partial charge on any atom is 0.307 e. The molecular formula is C12H19N3O5S. The van der Waals surface area contributed by atoms with E-state index in [4.69, 9.17) is 5.11 Å². The molecule has 1 atom stereocenters. The second-order valence-electron chi connectivity index (χ2n) is 4.78. The van der Waals surface area contributed by atoms with E-state index in [1.165, 1.54) is 37.8 Å². The summed E-state index contributed by atoms with van der Waals surface area (Å²) in [6.45, 7) is 1.27. The Morgan fingerprint density at radius 1 is 1.48 bits per heavy atom. The van der Waals surface area contributed by atoms with E-state index in [-0.39, 0.29) is 17.1 Å². The quantitative estimate of drug-likeness (QED) is 0.750. The molecule has 1 aromatic rings. The van der Waals surface area contributed by atoms with E-state index in [1.54, 1.807) is 7.05 Å². The van der Waals surface area contributed by atoms with Crippen molar-refractivity contribution in [3.8, 4) is 0 Å². The van der Waals surface area contributed by atoms with Gasteiger partial charge in [0.1, 0.15) is 10.6 Å². The van der Waals surface area contributed by atoms with Gasteiger partial charge in [0, 0.05) is 33.9 Å². The molecule has 1 rings (SSSR count). The van der Waals surface area contributed by atoms with Crippen molar-refractivity contribution < 1.29 is 23.1 Å².